The molecule has 0 aliphatic carbocycles. The number of nitrogens with one attached hydrogen (secondary N) is 2. The van der Waals surface area contributed by atoms with Crippen LogP contribution >= 0.6 is 0 Å². The van der Waals surface area contributed by atoms with Gasteiger partial charge in [0.15, 0.2) is 0 Å². The maximum absolute atomic E-state index is 12.4. The summed E-state index contributed by atoms with van der Waals surface area (Å²) < 4.78 is 0. The Labute approximate surface area is 171 Å². The molecule has 2 amide bonds. The van der Waals surface area contributed by atoms with Crippen LogP contribution in [0.1, 0.15) is 10.4 Å². The van der Waals surface area contributed by atoms with Crippen molar-refractivity contribution < 1.29 is 9.59 Å². The molecule has 1 aliphatic heterocycles. The predicted molar refractivity (Wildman–Crippen MR) is 116 cm³/mol. The first-order chi connectivity index (χ1) is 13.9. The highest BCUT2D eigenvalue weighted by molar-refractivity contribution is 6.02. The van der Waals surface area contributed by atoms with E-state index < -0.39 is 0 Å². The van der Waals surface area contributed by atoms with Gasteiger partial charge in [-0.3, -0.25) is 9.59 Å². The summed E-state index contributed by atoms with van der Waals surface area (Å²) >= 11 is 0. The lowest BCUT2D eigenvalue weighted by molar-refractivity contribution is -0.115. The molecule has 29 heavy (non-hydrogen) atoms. The molecule has 8 heteroatoms. The highest BCUT2D eigenvalue weighted by atomic mass is 16.2. The van der Waals surface area contributed by atoms with E-state index in [2.05, 4.69) is 32.5 Å². The number of benzene rings is 1. The lowest BCUT2D eigenvalue weighted by Gasteiger charge is -2.34. The Morgan fingerprint density at radius 3 is 2.41 bits per heavy atom. The van der Waals surface area contributed by atoms with E-state index in [0.717, 1.165) is 31.9 Å². The molecule has 1 aromatic carbocycles. The molecular weight excluding hydrogens is 368 g/mol. The second-order valence-corrected chi connectivity index (χ2v) is 7.34. The van der Waals surface area contributed by atoms with Crippen LogP contribution in [0, 0.1) is 0 Å². The van der Waals surface area contributed by atoms with Gasteiger partial charge in [-0.1, -0.05) is 0 Å². The van der Waals surface area contributed by atoms with Gasteiger partial charge in [-0.05, 0) is 43.4 Å². The Morgan fingerprint density at radius 1 is 1.07 bits per heavy atom. The van der Waals surface area contributed by atoms with Gasteiger partial charge in [0.2, 0.25) is 5.91 Å². The van der Waals surface area contributed by atoms with Crippen LogP contribution < -0.4 is 20.4 Å². The maximum Gasteiger partial charge on any atom is 0.255 e. The molecule has 154 valence electrons. The van der Waals surface area contributed by atoms with E-state index >= 15 is 0 Å². The quantitative estimate of drug-likeness (QED) is 0.765. The predicted octanol–water partition coefficient (Wildman–Crippen LogP) is 1.27. The zero-order valence-electron chi connectivity index (χ0n) is 17.2. The second-order valence-electron chi connectivity index (χ2n) is 7.34. The Bertz CT molecular complexity index is 845. The van der Waals surface area contributed by atoms with Gasteiger partial charge >= 0.3 is 0 Å². The molecule has 1 aliphatic rings. The summed E-state index contributed by atoms with van der Waals surface area (Å²) in [7, 11) is 5.76. The van der Waals surface area contributed by atoms with Crippen LogP contribution in [-0.2, 0) is 4.79 Å². The number of carbonyl (C=O) groups excluding carboxylic acids is 2. The molecule has 3 rings (SSSR count). The van der Waals surface area contributed by atoms with Crippen molar-refractivity contribution in [3.8, 4) is 0 Å². The maximum atomic E-state index is 12.4. The number of likely N-dealkylation sites (N-methyl/N-ethyl adjacent to an activating group) is 1. The summed E-state index contributed by atoms with van der Waals surface area (Å²) in [5.74, 6) is -0.0479. The molecule has 0 radical (unpaired) electrons. The van der Waals surface area contributed by atoms with Gasteiger partial charge in [-0.2, -0.15) is 0 Å². The highest BCUT2D eigenvalue weighted by Gasteiger charge is 2.16. The Balaban J connectivity index is 1.51. The van der Waals surface area contributed by atoms with Gasteiger partial charge in [0.1, 0.15) is 5.82 Å². The van der Waals surface area contributed by atoms with Crippen molar-refractivity contribution >= 4 is 29.0 Å². The standard InChI is InChI=1S/C21H28N6O2/c1-25(2)20-18(5-4-10-22-20)21(29)23-15-19(28)24-16-6-8-17(9-7-16)27-13-11-26(3)12-14-27/h4-10H,11-15H2,1-3H3,(H,23,29)(H,24,28). The van der Waals surface area contributed by atoms with E-state index in [0.29, 0.717) is 17.1 Å². The number of amides is 2. The topological polar surface area (TPSA) is 80.8 Å². The largest absolute Gasteiger partial charge is 0.369 e. The average Bonchev–Trinajstić information content (AvgIpc) is 2.73. The zero-order valence-corrected chi connectivity index (χ0v) is 17.2. The summed E-state index contributed by atoms with van der Waals surface area (Å²) in [5.41, 5.74) is 2.29. The molecule has 1 aromatic heterocycles. The summed E-state index contributed by atoms with van der Waals surface area (Å²) in [5, 5.41) is 5.47. The van der Waals surface area contributed by atoms with Crippen molar-refractivity contribution in [3.63, 3.8) is 0 Å². The minimum Gasteiger partial charge on any atom is -0.369 e. The lowest BCUT2D eigenvalue weighted by atomic mass is 10.2. The first-order valence-corrected chi connectivity index (χ1v) is 9.68. The number of carbonyl (C=O) groups is 2. The fourth-order valence-electron chi connectivity index (χ4n) is 3.21. The second kappa shape index (κ2) is 9.38. The van der Waals surface area contributed by atoms with Crippen LogP contribution in [0.4, 0.5) is 17.2 Å². The van der Waals surface area contributed by atoms with Crippen LogP contribution in [0.5, 0.6) is 0 Å². The zero-order chi connectivity index (χ0) is 20.8. The van der Waals surface area contributed by atoms with Crippen molar-refractivity contribution in [1.29, 1.82) is 0 Å². The highest BCUT2D eigenvalue weighted by Crippen LogP contribution is 2.19. The molecular formula is C21H28N6O2. The third-order valence-electron chi connectivity index (χ3n) is 4.88. The number of nitrogens with zero attached hydrogens (tertiary/aromatic N) is 4. The molecule has 0 saturated carbocycles. The van der Waals surface area contributed by atoms with Crippen molar-refractivity contribution in [1.82, 2.24) is 15.2 Å². The number of pyridine rings is 1. The Hall–Kier alpha value is -3.13. The minimum atomic E-state index is -0.331. The first-order valence-electron chi connectivity index (χ1n) is 9.68. The number of rotatable bonds is 6. The number of hydrogen-bond donors (Lipinski definition) is 2. The number of anilines is 3. The average molecular weight is 396 g/mol. The summed E-state index contributed by atoms with van der Waals surface area (Å²) in [6.07, 6.45) is 1.63. The van der Waals surface area contributed by atoms with Gasteiger partial charge < -0.3 is 25.3 Å². The minimum absolute atomic E-state index is 0.110. The van der Waals surface area contributed by atoms with Crippen molar-refractivity contribution in [2.75, 3.05) is 69.0 Å². The van der Waals surface area contributed by atoms with E-state index in [4.69, 9.17) is 0 Å². The van der Waals surface area contributed by atoms with Gasteiger partial charge in [-0.15, -0.1) is 0 Å². The van der Waals surface area contributed by atoms with E-state index in [1.807, 2.05) is 38.4 Å². The molecule has 1 fully saturated rings. The van der Waals surface area contributed by atoms with Gasteiger partial charge in [0.25, 0.3) is 5.91 Å². The molecule has 0 spiro atoms. The summed E-state index contributed by atoms with van der Waals surface area (Å²) in [6, 6.07) is 11.2. The smallest absolute Gasteiger partial charge is 0.255 e. The third-order valence-corrected chi connectivity index (χ3v) is 4.88. The van der Waals surface area contributed by atoms with E-state index in [1.54, 1.807) is 23.2 Å². The van der Waals surface area contributed by atoms with Crippen molar-refractivity contribution in [2.45, 2.75) is 0 Å². The van der Waals surface area contributed by atoms with E-state index in [1.165, 1.54) is 0 Å². The lowest BCUT2D eigenvalue weighted by Crippen LogP contribution is -2.44. The van der Waals surface area contributed by atoms with Crippen LogP contribution in [0.2, 0.25) is 0 Å². The molecule has 0 bridgehead atoms. The SMILES string of the molecule is CN1CCN(c2ccc(NC(=O)CNC(=O)c3cccnc3N(C)C)cc2)CC1. The molecule has 1 saturated heterocycles. The number of piperazine rings is 1. The molecule has 2 aromatic rings. The Morgan fingerprint density at radius 2 is 1.76 bits per heavy atom. The van der Waals surface area contributed by atoms with Gasteiger partial charge in [-0.25, -0.2) is 4.98 Å². The molecule has 0 unspecified atom stereocenters. The number of hydrogen-bond acceptors (Lipinski definition) is 6. The number of aromatic nitrogens is 1. The van der Waals surface area contributed by atoms with Crippen LogP contribution in [0.3, 0.4) is 0 Å². The summed E-state index contributed by atoms with van der Waals surface area (Å²) in [6.45, 7) is 3.98. The van der Waals surface area contributed by atoms with Gasteiger partial charge in [0.05, 0.1) is 12.1 Å². The normalized spacial score (nSPS) is 14.4. The van der Waals surface area contributed by atoms with Gasteiger partial charge in [0, 0.05) is 57.8 Å². The van der Waals surface area contributed by atoms with Crippen LogP contribution in [0.25, 0.3) is 0 Å². The van der Waals surface area contributed by atoms with Crippen LogP contribution in [-0.4, -0.2) is 75.6 Å². The molecule has 2 N–H and O–H groups in total. The molecule has 8 nitrogen and oxygen atoms in total. The molecule has 2 heterocycles. The monoisotopic (exact) mass is 396 g/mol. The van der Waals surface area contributed by atoms with E-state index in [9.17, 15) is 9.59 Å². The Kier molecular flexibility index (Phi) is 6.66. The van der Waals surface area contributed by atoms with Crippen molar-refractivity contribution in [3.05, 3.63) is 48.2 Å². The van der Waals surface area contributed by atoms with Crippen molar-refractivity contribution in [2.24, 2.45) is 0 Å². The van der Waals surface area contributed by atoms with E-state index in [-0.39, 0.29) is 18.4 Å². The first kappa shape index (κ1) is 20.6. The van der Waals surface area contributed by atoms with Crippen LogP contribution in [0.15, 0.2) is 42.6 Å². The molecule has 0 atom stereocenters. The fraction of sp³-hybridized carbons (Fsp3) is 0.381. The third kappa shape index (κ3) is 5.45. The fourth-order valence-corrected chi connectivity index (χ4v) is 3.21. The summed E-state index contributed by atoms with van der Waals surface area (Å²) in [4.78, 5) is 35.2.